The molecule has 0 spiro atoms. The van der Waals surface area contributed by atoms with Crippen LogP contribution < -0.4 is 11.5 Å². The summed E-state index contributed by atoms with van der Waals surface area (Å²) in [6.07, 6.45) is 0. The fraction of sp³-hybridized carbons (Fsp3) is 0.188. The minimum Gasteiger partial charge on any atom is -0.399 e. The van der Waals surface area contributed by atoms with Gasteiger partial charge in [-0.1, -0.05) is 74.8 Å². The Labute approximate surface area is 218 Å². The average molecular weight is 501 g/mol. The molecule has 0 saturated carbocycles. The lowest BCUT2D eigenvalue weighted by molar-refractivity contribution is 1.51. The standard InChI is InChI=1S/C32H32N2Si2/c1-35(2,3)21-19-29-23-28(14-8-26-11-17-32(34)18-12-26)30(20-22-36(4,5)6)24-27(29)13-7-25-9-15-31(33)16-10-25/h9-12,15-18,23-24H,33-34H2,1-6H3. The van der Waals surface area contributed by atoms with Crippen LogP contribution in [0, 0.1) is 46.6 Å². The highest BCUT2D eigenvalue weighted by molar-refractivity contribution is 6.84. The zero-order chi connectivity index (χ0) is 26.3. The minimum absolute atomic E-state index is 0.718. The molecular formula is C32H32N2Si2. The van der Waals surface area contributed by atoms with E-state index in [1.165, 1.54) is 0 Å². The summed E-state index contributed by atoms with van der Waals surface area (Å²) in [6.45, 7) is 13.4. The van der Waals surface area contributed by atoms with Crippen LogP contribution in [-0.4, -0.2) is 16.1 Å². The smallest absolute Gasteiger partial charge is 0.129 e. The van der Waals surface area contributed by atoms with Gasteiger partial charge in [-0.15, -0.1) is 11.1 Å². The van der Waals surface area contributed by atoms with Crippen molar-refractivity contribution < 1.29 is 0 Å². The Morgan fingerprint density at radius 3 is 1.06 bits per heavy atom. The summed E-state index contributed by atoms with van der Waals surface area (Å²) in [5.74, 6) is 20.0. The minimum atomic E-state index is -1.60. The molecule has 0 aliphatic heterocycles. The summed E-state index contributed by atoms with van der Waals surface area (Å²) >= 11 is 0. The van der Waals surface area contributed by atoms with Crippen LogP contribution in [0.2, 0.25) is 39.3 Å². The Bertz CT molecular complexity index is 1390. The second kappa shape index (κ2) is 11.1. The molecule has 3 rings (SSSR count). The van der Waals surface area contributed by atoms with Gasteiger partial charge in [0.05, 0.1) is 0 Å². The molecule has 178 valence electrons. The predicted octanol–water partition coefficient (Wildman–Crippen LogP) is 6.11. The summed E-state index contributed by atoms with van der Waals surface area (Å²) in [7, 11) is -3.19. The molecule has 0 radical (unpaired) electrons. The lowest BCUT2D eigenvalue weighted by Crippen LogP contribution is -2.16. The van der Waals surface area contributed by atoms with Crippen molar-refractivity contribution in [2.75, 3.05) is 11.5 Å². The maximum atomic E-state index is 5.83. The van der Waals surface area contributed by atoms with Crippen LogP contribution in [0.1, 0.15) is 33.4 Å². The van der Waals surface area contributed by atoms with E-state index in [4.69, 9.17) is 11.5 Å². The van der Waals surface area contributed by atoms with Crippen molar-refractivity contribution in [3.63, 3.8) is 0 Å². The molecule has 0 bridgehead atoms. The van der Waals surface area contributed by atoms with E-state index in [2.05, 4.69) is 85.9 Å². The van der Waals surface area contributed by atoms with Crippen LogP contribution in [0.25, 0.3) is 0 Å². The van der Waals surface area contributed by atoms with Gasteiger partial charge < -0.3 is 11.5 Å². The van der Waals surface area contributed by atoms with Crippen LogP contribution in [0.4, 0.5) is 11.4 Å². The number of rotatable bonds is 0. The molecule has 2 nitrogen and oxygen atoms in total. The predicted molar refractivity (Wildman–Crippen MR) is 161 cm³/mol. The Hall–Kier alpha value is -4.07. The zero-order valence-corrected chi connectivity index (χ0v) is 23.9. The van der Waals surface area contributed by atoms with E-state index in [0.717, 1.165) is 44.8 Å². The summed E-state index contributed by atoms with van der Waals surface area (Å²) in [5, 5.41) is 0. The molecule has 3 aromatic rings. The maximum Gasteiger partial charge on any atom is 0.129 e. The molecule has 0 atom stereocenters. The summed E-state index contributed by atoms with van der Waals surface area (Å²) < 4.78 is 0. The fourth-order valence-electron chi connectivity index (χ4n) is 2.93. The van der Waals surface area contributed by atoms with Gasteiger partial charge in [0.15, 0.2) is 0 Å². The third-order valence-electron chi connectivity index (χ3n) is 4.81. The third kappa shape index (κ3) is 8.61. The second-order valence-corrected chi connectivity index (χ2v) is 20.2. The SMILES string of the molecule is C[Si](C)(C)C#Cc1cc(C#Cc2ccc(N)cc2)c(C#C[Si](C)(C)C)cc1C#Cc1ccc(N)cc1. The molecule has 0 aliphatic carbocycles. The molecule has 4 heteroatoms. The molecule has 0 fully saturated rings. The van der Waals surface area contributed by atoms with Crippen LogP contribution in [0.15, 0.2) is 60.7 Å². The third-order valence-corrected chi connectivity index (χ3v) is 6.56. The first-order chi connectivity index (χ1) is 16.9. The summed E-state index contributed by atoms with van der Waals surface area (Å²) in [6, 6.07) is 19.2. The van der Waals surface area contributed by atoms with Gasteiger partial charge in [-0.3, -0.25) is 0 Å². The second-order valence-electron chi connectivity index (χ2n) is 10.7. The summed E-state index contributed by atoms with van der Waals surface area (Å²) in [4.78, 5) is 0. The lowest BCUT2D eigenvalue weighted by atomic mass is 9.98. The first kappa shape index (κ1) is 26.5. The molecular weight excluding hydrogens is 469 g/mol. The van der Waals surface area contributed by atoms with Crippen LogP contribution in [0.3, 0.4) is 0 Å². The quantitative estimate of drug-likeness (QED) is 0.222. The maximum absolute atomic E-state index is 5.83. The monoisotopic (exact) mass is 500 g/mol. The molecule has 4 N–H and O–H groups in total. The van der Waals surface area contributed by atoms with E-state index in [9.17, 15) is 0 Å². The lowest BCUT2D eigenvalue weighted by Gasteiger charge is -2.07. The van der Waals surface area contributed by atoms with Crippen molar-refractivity contribution in [2.24, 2.45) is 0 Å². The first-order valence-corrected chi connectivity index (χ1v) is 18.9. The van der Waals surface area contributed by atoms with Crippen molar-refractivity contribution in [3.8, 4) is 46.6 Å². The van der Waals surface area contributed by atoms with E-state index in [1.807, 2.05) is 60.7 Å². The zero-order valence-electron chi connectivity index (χ0n) is 21.9. The van der Waals surface area contributed by atoms with E-state index >= 15 is 0 Å². The number of nitrogen functional groups attached to an aromatic ring is 2. The number of hydrogen-bond acceptors (Lipinski definition) is 2. The molecule has 0 aliphatic rings. The van der Waals surface area contributed by atoms with E-state index in [-0.39, 0.29) is 0 Å². The molecule has 0 aromatic heterocycles. The van der Waals surface area contributed by atoms with Crippen molar-refractivity contribution in [2.45, 2.75) is 39.3 Å². The number of benzene rings is 3. The Morgan fingerprint density at radius 2 is 0.750 bits per heavy atom. The van der Waals surface area contributed by atoms with Crippen molar-refractivity contribution in [1.82, 2.24) is 0 Å². The molecule has 3 aromatic carbocycles. The topological polar surface area (TPSA) is 52.0 Å². The van der Waals surface area contributed by atoms with E-state index in [0.29, 0.717) is 0 Å². The Balaban J connectivity index is 2.22. The highest BCUT2D eigenvalue weighted by Crippen LogP contribution is 2.17. The molecule has 0 heterocycles. The number of anilines is 2. The molecule has 0 saturated heterocycles. The Kier molecular flexibility index (Phi) is 8.19. The van der Waals surface area contributed by atoms with Crippen molar-refractivity contribution in [3.05, 3.63) is 94.0 Å². The molecule has 0 unspecified atom stereocenters. The normalized spacial score (nSPS) is 10.4. The largest absolute Gasteiger partial charge is 0.399 e. The van der Waals surface area contributed by atoms with Gasteiger partial charge in [0, 0.05) is 44.8 Å². The number of hydrogen-bond donors (Lipinski definition) is 2. The van der Waals surface area contributed by atoms with Crippen LogP contribution in [-0.2, 0) is 0 Å². The van der Waals surface area contributed by atoms with Gasteiger partial charge in [-0.25, -0.2) is 0 Å². The van der Waals surface area contributed by atoms with Gasteiger partial charge in [-0.05, 0) is 60.7 Å². The summed E-state index contributed by atoms with van der Waals surface area (Å²) in [5.41, 5.74) is 25.3. The van der Waals surface area contributed by atoms with E-state index in [1.54, 1.807) is 0 Å². The van der Waals surface area contributed by atoms with Gasteiger partial charge in [0.2, 0.25) is 0 Å². The van der Waals surface area contributed by atoms with Gasteiger partial charge >= 0.3 is 0 Å². The Morgan fingerprint density at radius 1 is 0.444 bits per heavy atom. The van der Waals surface area contributed by atoms with Crippen molar-refractivity contribution in [1.29, 1.82) is 0 Å². The van der Waals surface area contributed by atoms with Gasteiger partial charge in [-0.2, -0.15) is 0 Å². The van der Waals surface area contributed by atoms with Crippen LogP contribution in [0.5, 0.6) is 0 Å². The fourth-order valence-corrected chi connectivity index (χ4v) is 3.95. The van der Waals surface area contributed by atoms with Crippen molar-refractivity contribution >= 4 is 27.5 Å². The van der Waals surface area contributed by atoms with E-state index < -0.39 is 16.1 Å². The molecule has 36 heavy (non-hydrogen) atoms. The average Bonchev–Trinajstić information content (AvgIpc) is 2.80. The highest BCUT2D eigenvalue weighted by atomic mass is 28.3. The van der Waals surface area contributed by atoms with Gasteiger partial charge in [0.25, 0.3) is 0 Å². The van der Waals surface area contributed by atoms with Crippen LogP contribution >= 0.6 is 0 Å². The van der Waals surface area contributed by atoms with Gasteiger partial charge in [0.1, 0.15) is 16.1 Å². The molecule has 0 amide bonds. The number of nitrogens with two attached hydrogens (primary N) is 2. The highest BCUT2D eigenvalue weighted by Gasteiger charge is 2.11. The first-order valence-electron chi connectivity index (χ1n) is 11.9.